The van der Waals surface area contributed by atoms with Crippen LogP contribution in [0.1, 0.15) is 39.7 Å². The summed E-state index contributed by atoms with van der Waals surface area (Å²) in [6.45, 7) is 10.1. The maximum Gasteiger partial charge on any atom is 0.330 e. The van der Waals surface area contributed by atoms with Gasteiger partial charge >= 0.3 is 5.69 Å². The van der Waals surface area contributed by atoms with Crippen LogP contribution in [0.2, 0.25) is 5.04 Å². The van der Waals surface area contributed by atoms with Gasteiger partial charge in [0.15, 0.2) is 8.07 Å². The maximum absolute atomic E-state index is 13.4. The van der Waals surface area contributed by atoms with Crippen LogP contribution in [0.4, 0.5) is 0 Å². The van der Waals surface area contributed by atoms with Crippen molar-refractivity contribution < 1.29 is 9.84 Å². The van der Waals surface area contributed by atoms with Gasteiger partial charge in [0.05, 0.1) is 12.2 Å². The van der Waals surface area contributed by atoms with Crippen LogP contribution in [0.15, 0.2) is 76.4 Å². The van der Waals surface area contributed by atoms with Gasteiger partial charge in [-0.05, 0) is 29.3 Å². The number of nitrogens with zero attached hydrogens (tertiary/aromatic N) is 1. The molecule has 33 heavy (non-hydrogen) atoms. The van der Waals surface area contributed by atoms with Crippen LogP contribution in [0.5, 0.6) is 0 Å². The Morgan fingerprint density at radius 3 is 1.97 bits per heavy atom. The van der Waals surface area contributed by atoms with E-state index in [2.05, 4.69) is 50.0 Å². The van der Waals surface area contributed by atoms with Crippen LogP contribution in [-0.4, -0.2) is 34.9 Å². The van der Waals surface area contributed by atoms with E-state index in [1.54, 1.807) is 17.7 Å². The van der Waals surface area contributed by atoms with Gasteiger partial charge in [-0.15, -0.1) is 0 Å². The van der Waals surface area contributed by atoms with Crippen molar-refractivity contribution in [2.24, 2.45) is 0 Å². The number of ether oxygens (including phenoxy) is 1. The Bertz CT molecular complexity index is 1200. The summed E-state index contributed by atoms with van der Waals surface area (Å²) in [6, 6.07) is 20.4. The van der Waals surface area contributed by atoms with Gasteiger partial charge in [-0.2, -0.15) is 0 Å². The summed E-state index contributed by atoms with van der Waals surface area (Å²) in [7, 11) is -3.10. The Hall–Kier alpha value is -2.74. The van der Waals surface area contributed by atoms with Crippen molar-refractivity contribution in [2.75, 3.05) is 0 Å². The predicted molar refractivity (Wildman–Crippen MR) is 133 cm³/mol. The Labute approximate surface area is 194 Å². The van der Waals surface area contributed by atoms with E-state index in [1.807, 2.05) is 43.3 Å². The number of aromatic amines is 1. The second kappa shape index (κ2) is 8.24. The maximum atomic E-state index is 13.4. The summed E-state index contributed by atoms with van der Waals surface area (Å²) in [6.07, 6.45) is 0.606. The van der Waals surface area contributed by atoms with Crippen LogP contribution in [0.25, 0.3) is 0 Å². The van der Waals surface area contributed by atoms with Crippen molar-refractivity contribution >= 4 is 18.4 Å². The van der Waals surface area contributed by atoms with Gasteiger partial charge in [-0.3, -0.25) is 14.3 Å². The molecule has 7 heteroatoms. The Morgan fingerprint density at radius 2 is 1.55 bits per heavy atom. The summed E-state index contributed by atoms with van der Waals surface area (Å²) in [5, 5.41) is 11.7. The number of hydrogen-bond acceptors (Lipinski definition) is 4. The first kappa shape index (κ1) is 23.4. The second-order valence-electron chi connectivity index (χ2n) is 10.1. The average molecular weight is 465 g/mol. The Kier molecular flexibility index (Phi) is 5.84. The second-order valence-corrected chi connectivity index (χ2v) is 15.0. The minimum absolute atomic E-state index is 0.243. The summed E-state index contributed by atoms with van der Waals surface area (Å²) in [4.78, 5) is 28.2. The third kappa shape index (κ3) is 3.46. The predicted octanol–water partition coefficient (Wildman–Crippen LogP) is 2.27. The van der Waals surface area contributed by atoms with Crippen LogP contribution in [0, 0.1) is 6.92 Å². The highest BCUT2D eigenvalue weighted by molar-refractivity contribution is 7.05. The van der Waals surface area contributed by atoms with E-state index in [4.69, 9.17) is 4.74 Å². The Balaban J connectivity index is 2.24. The molecule has 2 N–H and O–H groups in total. The molecule has 0 saturated carbocycles. The fraction of sp³-hybridized carbons (Fsp3) is 0.385. The molecule has 1 aliphatic rings. The van der Waals surface area contributed by atoms with Gasteiger partial charge in [-0.1, -0.05) is 81.4 Å². The molecule has 1 aliphatic heterocycles. The smallest absolute Gasteiger partial charge is 0.330 e. The highest BCUT2D eigenvalue weighted by Crippen LogP contribution is 2.51. The van der Waals surface area contributed by atoms with E-state index in [9.17, 15) is 14.7 Å². The quantitative estimate of drug-likeness (QED) is 0.580. The summed E-state index contributed by atoms with van der Waals surface area (Å²) < 4.78 is 8.34. The SMILES string of the molecule is Cc1cn([C@@]2([Si](c3ccccc3)(c3ccccc3)C(C)(C)C)C[C@H](O)[C@@H](C)O2)c(=O)[nH]c1=O. The molecule has 2 aromatic carbocycles. The van der Waals surface area contributed by atoms with Crippen molar-refractivity contribution in [1.29, 1.82) is 0 Å². The first-order valence-corrected chi connectivity index (χ1v) is 13.3. The van der Waals surface area contributed by atoms with Crippen molar-refractivity contribution in [1.82, 2.24) is 9.55 Å². The largest absolute Gasteiger partial charge is 0.390 e. The molecule has 3 aromatic rings. The highest BCUT2D eigenvalue weighted by Gasteiger charge is 2.68. The molecule has 2 heterocycles. The minimum Gasteiger partial charge on any atom is -0.390 e. The number of aryl methyl sites for hydroxylation is 1. The van der Waals surface area contributed by atoms with E-state index >= 15 is 0 Å². The number of aliphatic hydroxyl groups is 1. The molecule has 0 bridgehead atoms. The molecular formula is C26H32N2O4Si. The molecule has 4 rings (SSSR count). The van der Waals surface area contributed by atoms with Crippen molar-refractivity contribution in [3.8, 4) is 0 Å². The van der Waals surface area contributed by atoms with Gasteiger partial charge < -0.3 is 9.84 Å². The zero-order chi connectivity index (χ0) is 24.0. The van der Waals surface area contributed by atoms with E-state index in [0.717, 1.165) is 10.4 Å². The Morgan fingerprint density at radius 1 is 1.03 bits per heavy atom. The fourth-order valence-electron chi connectivity index (χ4n) is 5.74. The first-order valence-electron chi connectivity index (χ1n) is 11.3. The van der Waals surface area contributed by atoms with E-state index in [0.29, 0.717) is 5.56 Å². The van der Waals surface area contributed by atoms with Crippen molar-refractivity contribution in [3.63, 3.8) is 0 Å². The van der Waals surface area contributed by atoms with E-state index in [-0.39, 0.29) is 11.5 Å². The molecule has 6 nitrogen and oxygen atoms in total. The number of hydrogen-bond donors (Lipinski definition) is 2. The molecule has 1 saturated heterocycles. The van der Waals surface area contributed by atoms with Gasteiger partial charge in [0.2, 0.25) is 0 Å². The summed E-state index contributed by atoms with van der Waals surface area (Å²) in [5.74, 6) is 0. The lowest BCUT2D eigenvalue weighted by Gasteiger charge is -2.54. The van der Waals surface area contributed by atoms with Crippen LogP contribution in [-0.2, 0) is 10.1 Å². The number of nitrogens with one attached hydrogen (secondary N) is 1. The standard InChI is InChI=1S/C26H32N2O4Si/c1-18-17-28(24(31)27-23(18)30)26(16-22(29)19(2)32-26)33(25(3,4)5,20-12-8-6-9-13-20)21-14-10-7-11-15-21/h6-15,17,19,22,29H,16H2,1-5H3,(H,27,30,31)/t19-,22+,26+/m1/s1. The van der Waals surface area contributed by atoms with Gasteiger partial charge in [0.1, 0.15) is 5.35 Å². The number of aliphatic hydroxyl groups excluding tert-OH is 1. The van der Waals surface area contributed by atoms with Crippen molar-refractivity contribution in [3.05, 3.63) is 93.3 Å². The lowest BCUT2D eigenvalue weighted by atomic mass is 10.2. The third-order valence-electron chi connectivity index (χ3n) is 7.04. The molecule has 0 aliphatic carbocycles. The van der Waals surface area contributed by atoms with E-state index < -0.39 is 36.9 Å². The molecule has 1 fully saturated rings. The van der Waals surface area contributed by atoms with Crippen LogP contribution < -0.4 is 21.6 Å². The topological polar surface area (TPSA) is 84.3 Å². The number of aromatic nitrogens is 2. The number of H-pyrrole nitrogens is 1. The number of rotatable bonds is 4. The summed E-state index contributed by atoms with van der Waals surface area (Å²) in [5.41, 5.74) is -0.523. The molecule has 3 atom stereocenters. The fourth-order valence-corrected chi connectivity index (χ4v) is 12.7. The average Bonchev–Trinajstić information content (AvgIpc) is 3.06. The molecule has 0 spiro atoms. The van der Waals surface area contributed by atoms with Crippen LogP contribution in [0.3, 0.4) is 0 Å². The zero-order valence-corrected chi connectivity index (χ0v) is 20.8. The van der Waals surface area contributed by atoms with Gasteiger partial charge in [-0.25, -0.2) is 4.79 Å². The van der Waals surface area contributed by atoms with Gasteiger partial charge in [0, 0.05) is 18.2 Å². The molecule has 174 valence electrons. The third-order valence-corrected chi connectivity index (χ3v) is 13.4. The highest BCUT2D eigenvalue weighted by atomic mass is 28.3. The molecule has 0 unspecified atom stereocenters. The lowest BCUT2D eigenvalue weighted by Crippen LogP contribution is -2.79. The van der Waals surface area contributed by atoms with E-state index in [1.165, 1.54) is 0 Å². The van der Waals surface area contributed by atoms with Gasteiger partial charge in [0.25, 0.3) is 5.56 Å². The molecular weight excluding hydrogens is 432 g/mol. The summed E-state index contributed by atoms with van der Waals surface area (Å²) >= 11 is 0. The minimum atomic E-state index is -3.10. The molecule has 0 radical (unpaired) electrons. The first-order chi connectivity index (χ1) is 15.5. The zero-order valence-electron chi connectivity index (χ0n) is 19.8. The van der Waals surface area contributed by atoms with Crippen molar-refractivity contribution in [2.45, 2.75) is 63.6 Å². The monoisotopic (exact) mass is 464 g/mol. The lowest BCUT2D eigenvalue weighted by molar-refractivity contribution is -0.0490. The number of benzene rings is 2. The molecule has 1 aromatic heterocycles. The molecule has 0 amide bonds. The normalized spacial score (nSPS) is 23.6. The van der Waals surface area contributed by atoms with Crippen LogP contribution >= 0.6 is 0 Å².